The Morgan fingerprint density at radius 2 is 1.82 bits per heavy atom. The monoisotopic (exact) mass is 306 g/mol. The van der Waals surface area contributed by atoms with E-state index in [0.717, 1.165) is 25.7 Å². The summed E-state index contributed by atoms with van der Waals surface area (Å²) in [5.74, 6) is 2.26. The van der Waals surface area contributed by atoms with Gasteiger partial charge in [0.15, 0.2) is 0 Å². The molecular weight excluding hydrogens is 276 g/mol. The summed E-state index contributed by atoms with van der Waals surface area (Å²) >= 11 is 0. The van der Waals surface area contributed by atoms with Gasteiger partial charge in [-0.15, -0.1) is 0 Å². The minimum atomic E-state index is -0.324. The molecule has 0 bridgehead atoms. The molecule has 0 saturated heterocycles. The second-order valence-corrected chi connectivity index (χ2v) is 9.32. The predicted molar refractivity (Wildman–Crippen MR) is 84.1 cm³/mol. The number of ketones is 1. The molecule has 4 aliphatic carbocycles. The van der Waals surface area contributed by atoms with Crippen LogP contribution in [0.15, 0.2) is 0 Å². The predicted octanol–water partition coefficient (Wildman–Crippen LogP) is 2.93. The highest BCUT2D eigenvalue weighted by Crippen LogP contribution is 2.65. The van der Waals surface area contributed by atoms with E-state index in [-0.39, 0.29) is 29.0 Å². The lowest BCUT2D eigenvalue weighted by atomic mass is 9.45. The number of hydrogen-bond acceptors (Lipinski definition) is 3. The Morgan fingerprint density at radius 1 is 1.05 bits per heavy atom. The highest BCUT2D eigenvalue weighted by Gasteiger charge is 2.61. The average Bonchev–Trinajstić information content (AvgIpc) is 2.76. The van der Waals surface area contributed by atoms with Gasteiger partial charge in [-0.05, 0) is 73.0 Å². The quantitative estimate of drug-likeness (QED) is 0.723. The van der Waals surface area contributed by atoms with E-state index in [1.165, 1.54) is 12.8 Å². The molecule has 0 aromatic carbocycles. The fourth-order valence-electron chi connectivity index (χ4n) is 7.11. The van der Waals surface area contributed by atoms with Crippen LogP contribution in [-0.2, 0) is 4.79 Å². The van der Waals surface area contributed by atoms with E-state index >= 15 is 0 Å². The summed E-state index contributed by atoms with van der Waals surface area (Å²) < 4.78 is 0. The van der Waals surface area contributed by atoms with Gasteiger partial charge in [0.25, 0.3) is 0 Å². The van der Waals surface area contributed by atoms with E-state index < -0.39 is 0 Å². The highest BCUT2D eigenvalue weighted by atomic mass is 16.3. The van der Waals surface area contributed by atoms with Crippen molar-refractivity contribution in [3.05, 3.63) is 0 Å². The number of hydrogen-bond donors (Lipinski definition) is 2. The van der Waals surface area contributed by atoms with Crippen molar-refractivity contribution in [3.8, 4) is 0 Å². The van der Waals surface area contributed by atoms with E-state index in [9.17, 15) is 15.0 Å². The van der Waals surface area contributed by atoms with E-state index in [1.807, 2.05) is 0 Å². The molecule has 0 aromatic rings. The Labute approximate surface area is 133 Å². The van der Waals surface area contributed by atoms with Gasteiger partial charge in [-0.2, -0.15) is 0 Å². The fourth-order valence-corrected chi connectivity index (χ4v) is 7.11. The third-order valence-electron chi connectivity index (χ3n) is 8.25. The third kappa shape index (κ3) is 1.97. The molecule has 0 heterocycles. The van der Waals surface area contributed by atoms with Crippen molar-refractivity contribution in [1.82, 2.24) is 0 Å². The van der Waals surface area contributed by atoms with Crippen LogP contribution in [0.5, 0.6) is 0 Å². The maximum atomic E-state index is 11.9. The molecule has 22 heavy (non-hydrogen) atoms. The minimum Gasteiger partial charge on any atom is -0.393 e. The van der Waals surface area contributed by atoms with E-state index in [0.29, 0.717) is 36.4 Å². The summed E-state index contributed by atoms with van der Waals surface area (Å²) in [6, 6.07) is 0. The zero-order valence-electron chi connectivity index (χ0n) is 13.9. The maximum absolute atomic E-state index is 11.9. The van der Waals surface area contributed by atoms with Crippen LogP contribution in [0.1, 0.15) is 65.2 Å². The highest BCUT2D eigenvalue weighted by molar-refractivity contribution is 5.79. The van der Waals surface area contributed by atoms with Crippen LogP contribution in [0.4, 0.5) is 0 Å². The van der Waals surface area contributed by atoms with Crippen LogP contribution < -0.4 is 0 Å². The number of aliphatic hydroxyl groups excluding tert-OH is 2. The van der Waals surface area contributed by atoms with Gasteiger partial charge in [-0.25, -0.2) is 0 Å². The first-order valence-electron chi connectivity index (χ1n) is 9.21. The zero-order chi connectivity index (χ0) is 15.7. The smallest absolute Gasteiger partial charge is 0.133 e. The minimum absolute atomic E-state index is 0.130. The van der Waals surface area contributed by atoms with Gasteiger partial charge in [0.1, 0.15) is 5.78 Å². The van der Waals surface area contributed by atoms with Crippen molar-refractivity contribution >= 4 is 5.78 Å². The molecule has 0 amide bonds. The normalized spacial score (nSPS) is 57.9. The standard InChI is InChI=1S/C19H30O3/c1-18-5-4-14-13(15(18)8-12(21)10-18)9-17(22)16-7-11(20)3-6-19(14,16)2/h12-17,21-22H,3-10H2,1-2H3/t12?,13?,14?,15?,16-,17+,18?,19?/m1/s1. The SMILES string of the molecule is CC12CCC3C(C[C@H](O)[C@H]4CC(=O)CCC34C)C1CC(O)C2. The van der Waals surface area contributed by atoms with E-state index in [4.69, 9.17) is 0 Å². The van der Waals surface area contributed by atoms with Crippen LogP contribution in [-0.4, -0.2) is 28.2 Å². The van der Waals surface area contributed by atoms with Crippen LogP contribution in [0.3, 0.4) is 0 Å². The largest absolute Gasteiger partial charge is 0.393 e. The summed E-state index contributed by atoms with van der Waals surface area (Å²) in [6.07, 6.45) is 6.92. The summed E-state index contributed by atoms with van der Waals surface area (Å²) in [4.78, 5) is 11.9. The average molecular weight is 306 g/mol. The Morgan fingerprint density at radius 3 is 2.59 bits per heavy atom. The zero-order valence-corrected chi connectivity index (χ0v) is 13.9. The van der Waals surface area contributed by atoms with Crippen LogP contribution >= 0.6 is 0 Å². The molecule has 0 aliphatic heterocycles. The Hall–Kier alpha value is -0.410. The van der Waals surface area contributed by atoms with Crippen molar-refractivity contribution in [2.75, 3.05) is 0 Å². The van der Waals surface area contributed by atoms with Crippen molar-refractivity contribution in [2.24, 2.45) is 34.5 Å². The molecule has 4 saturated carbocycles. The molecule has 3 nitrogen and oxygen atoms in total. The van der Waals surface area contributed by atoms with Gasteiger partial charge in [0, 0.05) is 12.8 Å². The Bertz CT molecular complexity index is 489. The molecule has 0 aromatic heterocycles. The molecule has 4 fully saturated rings. The second kappa shape index (κ2) is 4.80. The van der Waals surface area contributed by atoms with Crippen LogP contribution in [0, 0.1) is 34.5 Å². The third-order valence-corrected chi connectivity index (χ3v) is 8.25. The number of fused-ring (bicyclic) bond motifs is 5. The molecular formula is C19H30O3. The van der Waals surface area contributed by atoms with E-state index in [2.05, 4.69) is 13.8 Å². The Balaban J connectivity index is 1.67. The molecule has 0 radical (unpaired) electrons. The Kier molecular flexibility index (Phi) is 3.30. The van der Waals surface area contributed by atoms with Gasteiger partial charge in [-0.3, -0.25) is 4.79 Å². The first-order chi connectivity index (χ1) is 10.3. The fraction of sp³-hybridized carbons (Fsp3) is 0.947. The lowest BCUT2D eigenvalue weighted by Gasteiger charge is -2.60. The topological polar surface area (TPSA) is 57.5 Å². The molecule has 4 aliphatic rings. The van der Waals surface area contributed by atoms with Gasteiger partial charge in [-0.1, -0.05) is 13.8 Å². The second-order valence-electron chi connectivity index (χ2n) is 9.32. The van der Waals surface area contributed by atoms with Crippen LogP contribution in [0.25, 0.3) is 0 Å². The number of rotatable bonds is 0. The van der Waals surface area contributed by atoms with Crippen molar-refractivity contribution in [2.45, 2.75) is 77.4 Å². The van der Waals surface area contributed by atoms with Gasteiger partial charge in [0.05, 0.1) is 12.2 Å². The lowest BCUT2D eigenvalue weighted by Crippen LogP contribution is -2.57. The molecule has 4 rings (SSSR count). The molecule has 2 N–H and O–H groups in total. The molecule has 6 unspecified atom stereocenters. The van der Waals surface area contributed by atoms with Gasteiger partial charge < -0.3 is 10.2 Å². The first-order valence-corrected chi connectivity index (χ1v) is 9.21. The first kappa shape index (κ1) is 15.1. The molecule has 8 atom stereocenters. The number of carbonyl (C=O) groups is 1. The number of aliphatic hydroxyl groups is 2. The maximum Gasteiger partial charge on any atom is 0.133 e. The van der Waals surface area contributed by atoms with Gasteiger partial charge >= 0.3 is 0 Å². The number of carbonyl (C=O) groups excluding carboxylic acids is 1. The van der Waals surface area contributed by atoms with Crippen LogP contribution in [0.2, 0.25) is 0 Å². The van der Waals surface area contributed by atoms with Crippen molar-refractivity contribution in [1.29, 1.82) is 0 Å². The summed E-state index contributed by atoms with van der Waals surface area (Å²) in [7, 11) is 0. The summed E-state index contributed by atoms with van der Waals surface area (Å²) in [5, 5.41) is 21.0. The lowest BCUT2D eigenvalue weighted by molar-refractivity contribution is -0.162. The molecule has 3 heteroatoms. The van der Waals surface area contributed by atoms with Crippen molar-refractivity contribution < 1.29 is 15.0 Å². The molecule has 124 valence electrons. The molecule has 0 spiro atoms. The van der Waals surface area contributed by atoms with E-state index in [1.54, 1.807) is 0 Å². The number of Topliss-reactive ketones (excluding diaryl/α,β-unsaturated/α-hetero) is 1. The summed E-state index contributed by atoms with van der Waals surface area (Å²) in [5.41, 5.74) is 0.402. The van der Waals surface area contributed by atoms with Gasteiger partial charge in [0.2, 0.25) is 0 Å². The summed E-state index contributed by atoms with van der Waals surface area (Å²) in [6.45, 7) is 4.70. The van der Waals surface area contributed by atoms with Crippen molar-refractivity contribution in [3.63, 3.8) is 0 Å².